The van der Waals surface area contributed by atoms with Gasteiger partial charge >= 0.3 is 5.69 Å². The van der Waals surface area contributed by atoms with Gasteiger partial charge in [-0.05, 0) is 18.1 Å². The van der Waals surface area contributed by atoms with Gasteiger partial charge in [-0.25, -0.2) is 9.78 Å². The smallest absolute Gasteiger partial charge is 0.332 e. The summed E-state index contributed by atoms with van der Waals surface area (Å²) in [7, 11) is 3.07. The number of fused-ring (bicyclic) bond motifs is 1. The Hall–Kier alpha value is -3.49. The summed E-state index contributed by atoms with van der Waals surface area (Å²) in [6, 6.07) is 20.3. The Balaban J connectivity index is 1.80. The molecule has 2 heterocycles. The van der Waals surface area contributed by atoms with Crippen molar-refractivity contribution in [1.29, 1.82) is 0 Å². The standard InChI is InChI=1S/C25H29N5O3/c1-18(31)14-30-21(26-23-22(30)24(32)28(3)25(33)27(23)2)17-29(15-19-10-6-4-7-11-19)16-20-12-8-5-9-13-20/h4-13,18,31H,14-17H2,1-3H3/t18-/m1/s1. The van der Waals surface area contributed by atoms with Crippen molar-refractivity contribution in [3.05, 3.63) is 98.5 Å². The van der Waals surface area contributed by atoms with E-state index >= 15 is 0 Å². The van der Waals surface area contributed by atoms with Crippen molar-refractivity contribution < 1.29 is 5.11 Å². The minimum Gasteiger partial charge on any atom is -0.392 e. The van der Waals surface area contributed by atoms with Crippen LogP contribution in [0.3, 0.4) is 0 Å². The highest BCUT2D eigenvalue weighted by Gasteiger charge is 2.22. The lowest BCUT2D eigenvalue weighted by Crippen LogP contribution is -2.37. The van der Waals surface area contributed by atoms with Crippen molar-refractivity contribution in [3.63, 3.8) is 0 Å². The maximum absolute atomic E-state index is 13.0. The molecule has 172 valence electrons. The molecule has 0 amide bonds. The van der Waals surface area contributed by atoms with Gasteiger partial charge in [-0.1, -0.05) is 60.7 Å². The molecule has 0 aliphatic rings. The van der Waals surface area contributed by atoms with Gasteiger partial charge in [-0.2, -0.15) is 0 Å². The summed E-state index contributed by atoms with van der Waals surface area (Å²) in [5.74, 6) is 0.635. The number of aliphatic hydroxyl groups excluding tert-OH is 1. The Kier molecular flexibility index (Phi) is 6.57. The van der Waals surface area contributed by atoms with Crippen LogP contribution in [0.25, 0.3) is 11.2 Å². The number of aryl methyl sites for hydroxylation is 1. The molecule has 0 spiro atoms. The zero-order chi connectivity index (χ0) is 23.5. The van der Waals surface area contributed by atoms with Gasteiger partial charge in [0, 0.05) is 27.2 Å². The summed E-state index contributed by atoms with van der Waals surface area (Å²) >= 11 is 0. The van der Waals surface area contributed by atoms with E-state index in [1.165, 1.54) is 11.6 Å². The van der Waals surface area contributed by atoms with Crippen LogP contribution in [0.4, 0.5) is 0 Å². The molecule has 0 radical (unpaired) electrons. The van der Waals surface area contributed by atoms with Gasteiger partial charge < -0.3 is 9.67 Å². The largest absolute Gasteiger partial charge is 0.392 e. The number of imidazole rings is 1. The summed E-state index contributed by atoms with van der Waals surface area (Å²) < 4.78 is 4.22. The number of nitrogens with zero attached hydrogens (tertiary/aromatic N) is 5. The fourth-order valence-electron chi connectivity index (χ4n) is 4.12. The highest BCUT2D eigenvalue weighted by atomic mass is 16.3. The molecule has 4 rings (SSSR count). The molecule has 0 saturated heterocycles. The van der Waals surface area contributed by atoms with Crippen molar-refractivity contribution in [2.45, 2.75) is 39.2 Å². The molecule has 0 fully saturated rings. The molecule has 4 aromatic rings. The van der Waals surface area contributed by atoms with Gasteiger partial charge in [0.1, 0.15) is 5.82 Å². The Morgan fingerprint density at radius 1 is 0.879 bits per heavy atom. The van der Waals surface area contributed by atoms with E-state index in [-0.39, 0.29) is 6.54 Å². The van der Waals surface area contributed by atoms with Gasteiger partial charge in [0.25, 0.3) is 5.56 Å². The Bertz CT molecular complexity index is 1310. The quantitative estimate of drug-likeness (QED) is 0.447. The molecule has 0 aliphatic carbocycles. The van der Waals surface area contributed by atoms with Crippen molar-refractivity contribution in [2.75, 3.05) is 0 Å². The van der Waals surface area contributed by atoms with Crippen LogP contribution in [0, 0.1) is 0 Å². The Morgan fingerprint density at radius 3 is 1.94 bits per heavy atom. The normalized spacial score (nSPS) is 12.5. The zero-order valence-corrected chi connectivity index (χ0v) is 19.2. The van der Waals surface area contributed by atoms with E-state index in [2.05, 4.69) is 29.2 Å². The molecule has 1 N–H and O–H groups in total. The molecule has 0 saturated carbocycles. The number of rotatable bonds is 8. The van der Waals surface area contributed by atoms with Gasteiger partial charge in [0.05, 0.1) is 19.2 Å². The topological polar surface area (TPSA) is 85.3 Å². The number of hydrogen-bond acceptors (Lipinski definition) is 5. The van der Waals surface area contributed by atoms with Crippen LogP contribution < -0.4 is 11.2 Å². The molecule has 0 aliphatic heterocycles. The summed E-state index contributed by atoms with van der Waals surface area (Å²) in [5, 5.41) is 10.2. The molecule has 8 heteroatoms. The molecular formula is C25H29N5O3. The van der Waals surface area contributed by atoms with E-state index in [0.29, 0.717) is 36.6 Å². The molecule has 2 aromatic heterocycles. The first-order chi connectivity index (χ1) is 15.8. The summed E-state index contributed by atoms with van der Waals surface area (Å²) in [5.41, 5.74) is 2.15. The molecular weight excluding hydrogens is 418 g/mol. The van der Waals surface area contributed by atoms with Crippen LogP contribution in [0.1, 0.15) is 23.9 Å². The minimum atomic E-state index is -0.681. The lowest BCUT2D eigenvalue weighted by atomic mass is 10.1. The number of aliphatic hydroxyl groups is 1. The summed E-state index contributed by atoms with van der Waals surface area (Å²) in [4.78, 5) is 32.4. The third-order valence-corrected chi connectivity index (χ3v) is 5.74. The third kappa shape index (κ3) is 4.81. The van der Waals surface area contributed by atoms with Crippen LogP contribution in [-0.2, 0) is 40.3 Å². The number of benzene rings is 2. The highest BCUT2D eigenvalue weighted by molar-refractivity contribution is 5.71. The van der Waals surface area contributed by atoms with Crippen molar-refractivity contribution >= 4 is 11.2 Å². The van der Waals surface area contributed by atoms with Gasteiger partial charge in [0.15, 0.2) is 11.2 Å². The summed E-state index contributed by atoms with van der Waals surface area (Å²) in [6.07, 6.45) is -0.681. The van der Waals surface area contributed by atoms with E-state index in [1.807, 2.05) is 36.4 Å². The first-order valence-electron chi connectivity index (χ1n) is 11.0. The number of aromatic nitrogens is 4. The maximum Gasteiger partial charge on any atom is 0.332 e. The summed E-state index contributed by atoms with van der Waals surface area (Å²) in [6.45, 7) is 3.70. The molecule has 1 atom stereocenters. The second-order valence-corrected chi connectivity index (χ2v) is 8.48. The van der Waals surface area contributed by atoms with Crippen LogP contribution in [0.2, 0.25) is 0 Å². The minimum absolute atomic E-state index is 0.212. The maximum atomic E-state index is 13.0. The highest BCUT2D eigenvalue weighted by Crippen LogP contribution is 2.18. The van der Waals surface area contributed by atoms with Crippen LogP contribution >= 0.6 is 0 Å². The van der Waals surface area contributed by atoms with E-state index < -0.39 is 17.4 Å². The van der Waals surface area contributed by atoms with Gasteiger partial charge in [0.2, 0.25) is 0 Å². The van der Waals surface area contributed by atoms with Crippen molar-refractivity contribution in [2.24, 2.45) is 14.1 Å². The van der Waals surface area contributed by atoms with E-state index in [1.54, 1.807) is 18.5 Å². The van der Waals surface area contributed by atoms with Crippen molar-refractivity contribution in [3.8, 4) is 0 Å². The fourth-order valence-corrected chi connectivity index (χ4v) is 4.12. The Labute approximate surface area is 192 Å². The van der Waals surface area contributed by atoms with E-state index in [4.69, 9.17) is 4.98 Å². The SMILES string of the molecule is C[C@@H](O)Cn1c(CN(Cc2ccccc2)Cc2ccccc2)nc2c1c(=O)n(C)c(=O)n2C. The second-order valence-electron chi connectivity index (χ2n) is 8.48. The second kappa shape index (κ2) is 9.56. The third-order valence-electron chi connectivity index (χ3n) is 5.74. The van der Waals surface area contributed by atoms with E-state index in [9.17, 15) is 14.7 Å². The van der Waals surface area contributed by atoms with Gasteiger partial charge in [-0.3, -0.25) is 18.8 Å². The molecule has 0 bridgehead atoms. The van der Waals surface area contributed by atoms with Crippen LogP contribution in [0.5, 0.6) is 0 Å². The predicted octanol–water partition coefficient (Wildman–Crippen LogP) is 2.02. The average Bonchev–Trinajstić information content (AvgIpc) is 3.15. The lowest BCUT2D eigenvalue weighted by molar-refractivity contribution is 0.169. The molecule has 8 nitrogen and oxygen atoms in total. The van der Waals surface area contributed by atoms with Crippen LogP contribution in [0.15, 0.2) is 70.3 Å². The molecule has 33 heavy (non-hydrogen) atoms. The first kappa shape index (κ1) is 22.7. The number of hydrogen-bond donors (Lipinski definition) is 1. The van der Waals surface area contributed by atoms with Crippen molar-refractivity contribution in [1.82, 2.24) is 23.6 Å². The average molecular weight is 448 g/mol. The molecule has 0 unspecified atom stereocenters. The monoisotopic (exact) mass is 447 g/mol. The van der Waals surface area contributed by atoms with Gasteiger partial charge in [-0.15, -0.1) is 0 Å². The Morgan fingerprint density at radius 2 is 1.42 bits per heavy atom. The lowest BCUT2D eigenvalue weighted by Gasteiger charge is -2.23. The predicted molar refractivity (Wildman–Crippen MR) is 128 cm³/mol. The zero-order valence-electron chi connectivity index (χ0n) is 19.2. The van der Waals surface area contributed by atoms with E-state index in [0.717, 1.165) is 15.7 Å². The fraction of sp³-hybridized carbons (Fsp3) is 0.320. The van der Waals surface area contributed by atoms with Crippen LogP contribution in [-0.4, -0.2) is 34.8 Å². The molecule has 2 aromatic carbocycles. The first-order valence-corrected chi connectivity index (χ1v) is 11.0.